The Morgan fingerprint density at radius 1 is 1.18 bits per heavy atom. The van der Waals surface area contributed by atoms with Crippen LogP contribution in [0.3, 0.4) is 0 Å². The molecule has 0 bridgehead atoms. The molecule has 2 fully saturated rings. The van der Waals surface area contributed by atoms with Crippen molar-refractivity contribution < 1.29 is 5.11 Å². The van der Waals surface area contributed by atoms with E-state index in [-0.39, 0.29) is 0 Å². The first-order chi connectivity index (χ1) is 8.29. The fourth-order valence-electron chi connectivity index (χ4n) is 3.67. The van der Waals surface area contributed by atoms with Gasteiger partial charge in [0.2, 0.25) is 0 Å². The molecule has 1 unspecified atom stereocenters. The van der Waals surface area contributed by atoms with Gasteiger partial charge in [0.25, 0.3) is 0 Å². The van der Waals surface area contributed by atoms with Gasteiger partial charge in [0.1, 0.15) is 0 Å². The van der Waals surface area contributed by atoms with E-state index in [1.165, 1.54) is 58.0 Å². The van der Waals surface area contributed by atoms with Gasteiger partial charge in [0.15, 0.2) is 0 Å². The second-order valence-corrected chi connectivity index (χ2v) is 6.31. The molecular formula is C14H27NOS. The third-order valence-electron chi connectivity index (χ3n) is 4.75. The Labute approximate surface area is 111 Å². The Balaban J connectivity index is 1.94. The predicted octanol–water partition coefficient (Wildman–Crippen LogP) is 2.71. The molecule has 1 saturated heterocycles. The zero-order chi connectivity index (χ0) is 12.1. The van der Waals surface area contributed by atoms with Crippen LogP contribution in [0.4, 0.5) is 0 Å². The number of piperidine rings is 1. The fraction of sp³-hybridized carbons (Fsp3) is 1.00. The number of nitrogens with zero attached hydrogens (tertiary/aromatic N) is 1. The quantitative estimate of drug-likeness (QED) is 0.740. The van der Waals surface area contributed by atoms with Crippen molar-refractivity contribution in [2.24, 2.45) is 5.41 Å². The van der Waals surface area contributed by atoms with Gasteiger partial charge in [-0.25, -0.2) is 0 Å². The minimum absolute atomic E-state index is 0.342. The average Bonchev–Trinajstić information content (AvgIpc) is 2.81. The van der Waals surface area contributed by atoms with Crippen LogP contribution < -0.4 is 0 Å². The van der Waals surface area contributed by atoms with Crippen molar-refractivity contribution in [3.63, 3.8) is 0 Å². The third kappa shape index (κ3) is 3.39. The lowest BCUT2D eigenvalue weighted by Gasteiger charge is -2.41. The lowest BCUT2D eigenvalue weighted by molar-refractivity contribution is 0.0763. The van der Waals surface area contributed by atoms with Crippen molar-refractivity contribution in [3.8, 4) is 0 Å². The van der Waals surface area contributed by atoms with Crippen molar-refractivity contribution in [1.82, 2.24) is 4.90 Å². The number of rotatable bonds is 5. The third-order valence-corrected chi connectivity index (χ3v) is 5.42. The highest BCUT2D eigenvalue weighted by molar-refractivity contribution is 7.80. The van der Waals surface area contributed by atoms with Crippen LogP contribution in [-0.2, 0) is 0 Å². The molecule has 17 heavy (non-hydrogen) atoms. The van der Waals surface area contributed by atoms with E-state index in [9.17, 15) is 5.11 Å². The molecule has 2 rings (SSSR count). The highest BCUT2D eigenvalue weighted by Gasteiger charge is 2.36. The van der Waals surface area contributed by atoms with Crippen molar-refractivity contribution in [2.45, 2.75) is 57.4 Å². The van der Waals surface area contributed by atoms with Gasteiger partial charge in [-0.2, -0.15) is 12.6 Å². The van der Waals surface area contributed by atoms with Gasteiger partial charge < -0.3 is 5.11 Å². The van der Waals surface area contributed by atoms with Gasteiger partial charge in [-0.15, -0.1) is 0 Å². The zero-order valence-corrected chi connectivity index (χ0v) is 11.8. The second kappa shape index (κ2) is 6.44. The Bertz CT molecular complexity index is 226. The molecule has 0 amide bonds. The SMILES string of the molecule is OCCC1CCCCN1CC1(CS)CCCC1. The average molecular weight is 257 g/mol. The van der Waals surface area contributed by atoms with Crippen LogP contribution >= 0.6 is 12.6 Å². The summed E-state index contributed by atoms with van der Waals surface area (Å²) in [7, 11) is 0. The molecule has 0 aromatic rings. The smallest absolute Gasteiger partial charge is 0.0445 e. The Morgan fingerprint density at radius 2 is 1.94 bits per heavy atom. The summed E-state index contributed by atoms with van der Waals surface area (Å²) in [6, 6.07) is 0.631. The maximum atomic E-state index is 9.18. The highest BCUT2D eigenvalue weighted by atomic mass is 32.1. The summed E-state index contributed by atoms with van der Waals surface area (Å²) in [4.78, 5) is 2.65. The van der Waals surface area contributed by atoms with Gasteiger partial charge >= 0.3 is 0 Å². The normalized spacial score (nSPS) is 29.6. The van der Waals surface area contributed by atoms with Gasteiger partial charge in [0.05, 0.1) is 0 Å². The Kier molecular flexibility index (Phi) is 5.19. The maximum absolute atomic E-state index is 9.18. The molecule has 1 heterocycles. The Morgan fingerprint density at radius 3 is 2.59 bits per heavy atom. The molecule has 0 radical (unpaired) electrons. The first kappa shape index (κ1) is 13.7. The Hall–Kier alpha value is 0.270. The molecule has 0 aromatic carbocycles. The number of aliphatic hydroxyl groups excluding tert-OH is 1. The molecule has 1 atom stereocenters. The monoisotopic (exact) mass is 257 g/mol. The minimum atomic E-state index is 0.342. The van der Waals surface area contributed by atoms with E-state index in [1.807, 2.05) is 0 Å². The number of thiol groups is 1. The van der Waals surface area contributed by atoms with Gasteiger partial charge in [-0.05, 0) is 49.8 Å². The summed E-state index contributed by atoms with van der Waals surface area (Å²) in [6.07, 6.45) is 10.4. The van der Waals surface area contributed by atoms with E-state index < -0.39 is 0 Å². The molecule has 1 aliphatic heterocycles. The summed E-state index contributed by atoms with van der Waals surface area (Å²) < 4.78 is 0. The van der Waals surface area contributed by atoms with E-state index >= 15 is 0 Å². The van der Waals surface area contributed by atoms with Crippen LogP contribution in [0, 0.1) is 5.41 Å². The first-order valence-corrected chi connectivity index (χ1v) is 7.89. The summed E-state index contributed by atoms with van der Waals surface area (Å²) in [5.74, 6) is 1.04. The molecule has 3 heteroatoms. The summed E-state index contributed by atoms with van der Waals surface area (Å²) in [5.41, 5.74) is 0.480. The molecule has 2 nitrogen and oxygen atoms in total. The molecule has 1 saturated carbocycles. The van der Waals surface area contributed by atoms with Crippen LogP contribution in [0.1, 0.15) is 51.4 Å². The van der Waals surface area contributed by atoms with E-state index in [1.54, 1.807) is 0 Å². The molecule has 1 N–H and O–H groups in total. The van der Waals surface area contributed by atoms with Crippen LogP contribution in [-0.4, -0.2) is 41.5 Å². The second-order valence-electron chi connectivity index (χ2n) is 6.00. The first-order valence-electron chi connectivity index (χ1n) is 7.25. The van der Waals surface area contributed by atoms with E-state index in [2.05, 4.69) is 17.5 Å². The standard InChI is InChI=1S/C14H27NOS/c16-10-6-13-5-1-4-9-15(13)11-14(12-17)7-2-3-8-14/h13,16-17H,1-12H2. The molecule has 100 valence electrons. The molecule has 0 spiro atoms. The molecular weight excluding hydrogens is 230 g/mol. The molecule has 0 aromatic heterocycles. The van der Waals surface area contributed by atoms with Gasteiger partial charge in [0, 0.05) is 19.2 Å². The number of hydrogen-bond donors (Lipinski definition) is 2. The number of hydrogen-bond acceptors (Lipinski definition) is 3. The molecule has 2 aliphatic rings. The van der Waals surface area contributed by atoms with Gasteiger partial charge in [-0.1, -0.05) is 19.3 Å². The lowest BCUT2D eigenvalue weighted by atomic mass is 9.86. The predicted molar refractivity (Wildman–Crippen MR) is 75.7 cm³/mol. The highest BCUT2D eigenvalue weighted by Crippen LogP contribution is 2.40. The van der Waals surface area contributed by atoms with Crippen LogP contribution in [0.2, 0.25) is 0 Å². The van der Waals surface area contributed by atoms with Crippen LogP contribution in [0.5, 0.6) is 0 Å². The van der Waals surface area contributed by atoms with Gasteiger partial charge in [-0.3, -0.25) is 4.90 Å². The number of likely N-dealkylation sites (tertiary alicyclic amines) is 1. The lowest BCUT2D eigenvalue weighted by Crippen LogP contribution is -2.46. The van der Waals surface area contributed by atoms with Crippen molar-refractivity contribution in [3.05, 3.63) is 0 Å². The topological polar surface area (TPSA) is 23.5 Å². The summed E-state index contributed by atoms with van der Waals surface area (Å²) in [5, 5.41) is 9.18. The number of aliphatic hydroxyl groups is 1. The zero-order valence-electron chi connectivity index (χ0n) is 10.9. The van der Waals surface area contributed by atoms with Crippen molar-refractivity contribution >= 4 is 12.6 Å². The maximum Gasteiger partial charge on any atom is 0.0445 e. The van der Waals surface area contributed by atoms with E-state index in [4.69, 9.17) is 0 Å². The van der Waals surface area contributed by atoms with Crippen molar-refractivity contribution in [2.75, 3.05) is 25.4 Å². The van der Waals surface area contributed by atoms with E-state index in [0.717, 1.165) is 12.2 Å². The summed E-state index contributed by atoms with van der Waals surface area (Å²) in [6.45, 7) is 2.80. The van der Waals surface area contributed by atoms with Crippen molar-refractivity contribution in [1.29, 1.82) is 0 Å². The van der Waals surface area contributed by atoms with Crippen LogP contribution in [0.15, 0.2) is 0 Å². The fourth-order valence-corrected chi connectivity index (χ4v) is 4.08. The van der Waals surface area contributed by atoms with Crippen LogP contribution in [0.25, 0.3) is 0 Å². The minimum Gasteiger partial charge on any atom is -0.396 e. The summed E-state index contributed by atoms with van der Waals surface area (Å²) >= 11 is 4.61. The molecule has 1 aliphatic carbocycles. The van der Waals surface area contributed by atoms with E-state index in [0.29, 0.717) is 18.1 Å². The largest absolute Gasteiger partial charge is 0.396 e.